The summed E-state index contributed by atoms with van der Waals surface area (Å²) in [6.07, 6.45) is 1.96. The molecule has 1 aromatic carbocycles. The van der Waals surface area contributed by atoms with Gasteiger partial charge in [-0.05, 0) is 50.1 Å². The highest BCUT2D eigenvalue weighted by molar-refractivity contribution is 6.24. The van der Waals surface area contributed by atoms with Crippen LogP contribution in [-0.4, -0.2) is 74.6 Å². The molecule has 11 heteroatoms. The number of likely N-dealkylation sites (tertiary alicyclic amines) is 1. The zero-order valence-corrected chi connectivity index (χ0v) is 22.2. The molecule has 4 aliphatic rings. The van der Waals surface area contributed by atoms with Crippen LogP contribution in [0.1, 0.15) is 55.8 Å². The lowest BCUT2D eigenvalue weighted by molar-refractivity contribution is -0.149. The Balaban J connectivity index is 1.66. The van der Waals surface area contributed by atoms with Gasteiger partial charge in [0.25, 0.3) is 5.91 Å². The third-order valence-corrected chi connectivity index (χ3v) is 8.76. The number of ketones is 2. The molecular weight excluding hydrogens is 506 g/mol. The minimum Gasteiger partial charge on any atom is -0.508 e. The summed E-state index contributed by atoms with van der Waals surface area (Å²) in [6, 6.07) is 0.0794. The van der Waals surface area contributed by atoms with Gasteiger partial charge in [-0.15, -0.1) is 0 Å². The standard InChI is InChI=1S/C28H35N3O8/c1-11(2)10-31-6-4-5-16(31)13-9-17(32)19-14(24(13)39-3)7-12-8-15-21(29)23(34)20(27(30)37)26(36)28(15,38)25(35)18(12)22(19)33/h9,11-12,15-16,21,32-33,36,38H,4-8,10,29H2,1-3H3,(H2,30,37)/t12-,15-,16-,21-,28-/m0/s1. The fraction of sp³-hybridized carbons (Fsp3) is 0.536. The first kappa shape index (κ1) is 27.2. The van der Waals surface area contributed by atoms with Crippen molar-refractivity contribution < 1.29 is 39.5 Å². The quantitative estimate of drug-likeness (QED) is 0.294. The van der Waals surface area contributed by atoms with Gasteiger partial charge in [0, 0.05) is 35.2 Å². The molecule has 1 heterocycles. The van der Waals surface area contributed by atoms with Gasteiger partial charge in [-0.2, -0.15) is 0 Å². The number of nitrogens with two attached hydrogens (primary N) is 2. The molecular formula is C28H35N3O8. The van der Waals surface area contributed by atoms with Crippen molar-refractivity contribution in [1.82, 2.24) is 4.90 Å². The molecule has 8 N–H and O–H groups in total. The average molecular weight is 542 g/mol. The van der Waals surface area contributed by atoms with Crippen molar-refractivity contribution in [2.45, 2.75) is 57.2 Å². The van der Waals surface area contributed by atoms with E-state index in [1.807, 2.05) is 0 Å². The summed E-state index contributed by atoms with van der Waals surface area (Å²) in [7, 11) is 1.52. The molecule has 0 bridgehead atoms. The number of Topliss-reactive ketones (excluding diaryl/α,β-unsaturated/α-hetero) is 2. The van der Waals surface area contributed by atoms with Crippen molar-refractivity contribution in [3.05, 3.63) is 39.7 Å². The molecule has 0 aromatic heterocycles. The molecule has 1 aliphatic heterocycles. The Hall–Kier alpha value is -3.41. The second-order valence-corrected chi connectivity index (χ2v) is 11.5. The van der Waals surface area contributed by atoms with E-state index >= 15 is 0 Å². The second kappa shape index (κ2) is 9.35. The van der Waals surface area contributed by atoms with Gasteiger partial charge >= 0.3 is 0 Å². The van der Waals surface area contributed by atoms with Crippen molar-refractivity contribution in [3.63, 3.8) is 0 Å². The van der Waals surface area contributed by atoms with Crippen LogP contribution >= 0.6 is 0 Å². The van der Waals surface area contributed by atoms with E-state index in [9.17, 15) is 34.8 Å². The van der Waals surface area contributed by atoms with E-state index < -0.39 is 58.0 Å². The number of primary amides is 1. The van der Waals surface area contributed by atoms with Crippen LogP contribution in [0.2, 0.25) is 0 Å². The van der Waals surface area contributed by atoms with Crippen LogP contribution in [0.4, 0.5) is 0 Å². The van der Waals surface area contributed by atoms with E-state index in [-0.39, 0.29) is 35.8 Å². The number of rotatable bonds is 5. The maximum Gasteiger partial charge on any atom is 0.255 e. The number of aromatic hydroxyl groups is 1. The zero-order valence-electron chi connectivity index (χ0n) is 22.2. The van der Waals surface area contributed by atoms with Gasteiger partial charge in [-0.1, -0.05) is 13.8 Å². The van der Waals surface area contributed by atoms with E-state index in [0.29, 0.717) is 17.2 Å². The molecule has 11 nitrogen and oxygen atoms in total. The van der Waals surface area contributed by atoms with E-state index in [1.54, 1.807) is 6.07 Å². The SMILES string of the molecule is COc1c([C@@H]2CCCN2CC(C)C)cc(O)c2c1C[C@H]1C[C@H]3[C@H](N)C(=O)C(C(N)=O)=C(O)[C@@]3(O)C(=O)C1=C2O. The van der Waals surface area contributed by atoms with E-state index in [2.05, 4.69) is 18.7 Å². The van der Waals surface area contributed by atoms with E-state index in [1.165, 1.54) is 7.11 Å². The van der Waals surface area contributed by atoms with Crippen LogP contribution in [0.5, 0.6) is 11.5 Å². The van der Waals surface area contributed by atoms with Crippen LogP contribution in [0, 0.1) is 17.8 Å². The number of hydrogen-bond donors (Lipinski definition) is 6. The zero-order chi connectivity index (χ0) is 28.5. The van der Waals surface area contributed by atoms with E-state index in [0.717, 1.165) is 31.5 Å². The largest absolute Gasteiger partial charge is 0.508 e. The number of nitrogens with zero attached hydrogens (tertiary/aromatic N) is 1. The normalized spacial score (nSPS) is 30.9. The van der Waals surface area contributed by atoms with Crippen molar-refractivity contribution >= 4 is 23.2 Å². The van der Waals surface area contributed by atoms with Gasteiger partial charge in [0.15, 0.2) is 11.4 Å². The number of phenolic OH excluding ortho intramolecular Hbond substituents is 1. The lowest BCUT2D eigenvalue weighted by Crippen LogP contribution is -2.65. The fourth-order valence-electron chi connectivity index (χ4n) is 7.15. The molecule has 210 valence electrons. The van der Waals surface area contributed by atoms with Crippen LogP contribution in [0.25, 0.3) is 5.76 Å². The average Bonchev–Trinajstić information content (AvgIpc) is 3.31. The maximum atomic E-state index is 13.8. The van der Waals surface area contributed by atoms with Crippen molar-refractivity contribution in [3.8, 4) is 11.5 Å². The Kier molecular flexibility index (Phi) is 6.52. The molecule has 1 saturated carbocycles. The summed E-state index contributed by atoms with van der Waals surface area (Å²) in [5.74, 6) is -6.34. The third kappa shape index (κ3) is 3.78. The summed E-state index contributed by atoms with van der Waals surface area (Å²) in [5, 5.41) is 44.7. The van der Waals surface area contributed by atoms with Crippen LogP contribution in [0.3, 0.4) is 0 Å². The first-order chi connectivity index (χ1) is 18.3. The topological polar surface area (TPSA) is 197 Å². The summed E-state index contributed by atoms with van der Waals surface area (Å²) in [5.41, 5.74) is 8.79. The van der Waals surface area contributed by atoms with Gasteiger partial charge in [-0.25, -0.2) is 0 Å². The maximum absolute atomic E-state index is 13.8. The lowest BCUT2D eigenvalue weighted by Gasteiger charge is -2.48. The Bertz CT molecular complexity index is 1350. The molecule has 5 rings (SSSR count). The van der Waals surface area contributed by atoms with Gasteiger partial charge in [-0.3, -0.25) is 19.3 Å². The first-order valence-electron chi connectivity index (χ1n) is 13.2. The summed E-state index contributed by atoms with van der Waals surface area (Å²) in [6.45, 7) is 6.06. The summed E-state index contributed by atoms with van der Waals surface area (Å²) >= 11 is 0. The van der Waals surface area contributed by atoms with E-state index in [4.69, 9.17) is 16.2 Å². The minimum absolute atomic E-state index is 0.00263. The number of phenols is 1. The Labute approximate surface area is 225 Å². The summed E-state index contributed by atoms with van der Waals surface area (Å²) < 4.78 is 5.86. The number of hydrogen-bond acceptors (Lipinski definition) is 10. The molecule has 5 atom stereocenters. The third-order valence-electron chi connectivity index (χ3n) is 8.76. The Morgan fingerprint density at radius 3 is 2.56 bits per heavy atom. The molecule has 2 fully saturated rings. The monoisotopic (exact) mass is 541 g/mol. The number of aliphatic hydroxyl groups is 3. The predicted octanol–water partition coefficient (Wildman–Crippen LogP) is 1.16. The molecule has 1 saturated heterocycles. The first-order valence-corrected chi connectivity index (χ1v) is 13.2. The highest BCUT2D eigenvalue weighted by atomic mass is 16.5. The second-order valence-electron chi connectivity index (χ2n) is 11.5. The van der Waals surface area contributed by atoms with Gasteiger partial charge in [0.1, 0.15) is 28.6 Å². The number of fused-ring (bicyclic) bond motifs is 3. The van der Waals surface area contributed by atoms with Crippen molar-refractivity contribution in [2.24, 2.45) is 29.2 Å². The molecule has 0 unspecified atom stereocenters. The van der Waals surface area contributed by atoms with Gasteiger partial charge in [0.05, 0.1) is 18.7 Å². The number of aliphatic hydroxyl groups excluding tert-OH is 2. The van der Waals surface area contributed by atoms with Gasteiger partial charge < -0.3 is 36.6 Å². The molecule has 3 aliphatic carbocycles. The number of amides is 1. The number of carbonyl (C=O) groups is 3. The summed E-state index contributed by atoms with van der Waals surface area (Å²) in [4.78, 5) is 40.8. The highest BCUT2D eigenvalue weighted by Gasteiger charge is 2.63. The molecule has 0 spiro atoms. The number of benzene rings is 1. The number of carbonyl (C=O) groups excluding carboxylic acids is 3. The Morgan fingerprint density at radius 1 is 1.26 bits per heavy atom. The predicted molar refractivity (Wildman–Crippen MR) is 140 cm³/mol. The van der Waals surface area contributed by atoms with Crippen LogP contribution in [-0.2, 0) is 20.8 Å². The van der Waals surface area contributed by atoms with Crippen LogP contribution in [0.15, 0.2) is 23.0 Å². The number of ether oxygens (including phenoxy) is 1. The Morgan fingerprint density at radius 2 is 1.95 bits per heavy atom. The fourth-order valence-corrected chi connectivity index (χ4v) is 7.15. The molecule has 1 aromatic rings. The van der Waals surface area contributed by atoms with Gasteiger partial charge in [0.2, 0.25) is 5.78 Å². The van der Waals surface area contributed by atoms with Crippen LogP contribution < -0.4 is 16.2 Å². The number of methoxy groups -OCH3 is 1. The molecule has 0 radical (unpaired) electrons. The van der Waals surface area contributed by atoms with Crippen molar-refractivity contribution in [1.29, 1.82) is 0 Å². The lowest BCUT2D eigenvalue weighted by atomic mass is 9.58. The van der Waals surface area contributed by atoms with Crippen molar-refractivity contribution in [2.75, 3.05) is 20.2 Å². The smallest absolute Gasteiger partial charge is 0.255 e. The highest BCUT2D eigenvalue weighted by Crippen LogP contribution is 2.54. The molecule has 39 heavy (non-hydrogen) atoms. The molecule has 1 amide bonds. The minimum atomic E-state index is -2.73.